The van der Waals surface area contributed by atoms with Crippen molar-refractivity contribution >= 4 is 22.6 Å². The van der Waals surface area contributed by atoms with Gasteiger partial charge in [-0.3, -0.25) is 5.41 Å². The molecule has 0 saturated carbocycles. The molecule has 2 aromatic carbocycles. The molecule has 0 aliphatic rings. The van der Waals surface area contributed by atoms with E-state index in [1.165, 1.54) is 42.5 Å². The highest BCUT2D eigenvalue weighted by atomic mass is 19.1. The molecule has 1 heterocycles. The predicted octanol–water partition coefficient (Wildman–Crippen LogP) is 2.81. The average Bonchev–Trinajstić information content (AvgIpc) is 2.60. The highest BCUT2D eigenvalue weighted by Gasteiger charge is 2.17. The number of aliphatic hydroxyl groups is 1. The lowest BCUT2D eigenvalue weighted by atomic mass is 10.1. The largest absolute Gasteiger partial charge is 0.508 e. The van der Waals surface area contributed by atoms with Gasteiger partial charge in [0.1, 0.15) is 29.3 Å². The molecule has 1 aromatic heterocycles. The second-order valence-electron chi connectivity index (χ2n) is 6.01. The molecule has 27 heavy (non-hydrogen) atoms. The van der Waals surface area contributed by atoms with Gasteiger partial charge in [-0.1, -0.05) is 12.1 Å². The van der Waals surface area contributed by atoms with Gasteiger partial charge in [0.05, 0.1) is 5.52 Å². The number of anilines is 1. The van der Waals surface area contributed by atoms with E-state index >= 15 is 0 Å². The monoisotopic (exact) mass is 367 g/mol. The standard InChI is InChI=1S/C19H18FN5O2/c1-10(21)8-16(22)24-18-14-7-6-13(26)9-15(14)23-19(25-18)17(27)11-2-4-12(20)5-3-11/h2-9,17,26-27H,21H2,1H3,(H2,22,23,24,25)/b10-8-. The van der Waals surface area contributed by atoms with Crippen molar-refractivity contribution in [3.8, 4) is 5.75 Å². The maximum Gasteiger partial charge on any atom is 0.164 e. The van der Waals surface area contributed by atoms with Gasteiger partial charge in [-0.2, -0.15) is 0 Å². The van der Waals surface area contributed by atoms with Crippen LogP contribution in [0.15, 0.2) is 54.2 Å². The van der Waals surface area contributed by atoms with Crippen molar-refractivity contribution in [2.75, 3.05) is 5.32 Å². The van der Waals surface area contributed by atoms with Crippen LogP contribution in [0.1, 0.15) is 24.4 Å². The summed E-state index contributed by atoms with van der Waals surface area (Å²) in [7, 11) is 0. The number of allylic oxidation sites excluding steroid dienone is 1. The molecule has 7 nitrogen and oxygen atoms in total. The second-order valence-corrected chi connectivity index (χ2v) is 6.01. The zero-order valence-corrected chi connectivity index (χ0v) is 14.4. The summed E-state index contributed by atoms with van der Waals surface area (Å²) >= 11 is 0. The molecule has 3 rings (SSSR count). The van der Waals surface area contributed by atoms with E-state index in [4.69, 9.17) is 11.1 Å². The topological polar surface area (TPSA) is 128 Å². The van der Waals surface area contributed by atoms with E-state index in [0.717, 1.165) is 0 Å². The first-order chi connectivity index (χ1) is 12.8. The molecule has 0 spiro atoms. The quantitative estimate of drug-likeness (QED) is 0.356. The van der Waals surface area contributed by atoms with Crippen molar-refractivity contribution in [3.05, 3.63) is 71.4 Å². The van der Waals surface area contributed by atoms with Crippen LogP contribution >= 0.6 is 0 Å². The first kappa shape index (κ1) is 18.3. The maximum absolute atomic E-state index is 13.1. The Labute approximate surface area is 154 Å². The summed E-state index contributed by atoms with van der Waals surface area (Å²) in [5.74, 6) is -0.0930. The van der Waals surface area contributed by atoms with Gasteiger partial charge in [0.15, 0.2) is 5.82 Å². The fourth-order valence-electron chi connectivity index (χ4n) is 2.54. The minimum Gasteiger partial charge on any atom is -0.508 e. The van der Waals surface area contributed by atoms with Crippen LogP contribution in [0, 0.1) is 11.2 Å². The first-order valence-corrected chi connectivity index (χ1v) is 8.07. The lowest BCUT2D eigenvalue weighted by Crippen LogP contribution is -2.14. The van der Waals surface area contributed by atoms with Gasteiger partial charge in [-0.05, 0) is 42.8 Å². The van der Waals surface area contributed by atoms with Crippen LogP contribution in [0.3, 0.4) is 0 Å². The van der Waals surface area contributed by atoms with Crippen LogP contribution in [-0.2, 0) is 0 Å². The molecule has 0 aliphatic heterocycles. The summed E-state index contributed by atoms with van der Waals surface area (Å²) in [5.41, 5.74) is 6.82. The zero-order valence-electron chi connectivity index (χ0n) is 14.4. The zero-order chi connectivity index (χ0) is 19.6. The van der Waals surface area contributed by atoms with E-state index in [1.807, 2.05) is 0 Å². The number of fused-ring (bicyclic) bond motifs is 1. The van der Waals surface area contributed by atoms with E-state index in [1.54, 1.807) is 13.0 Å². The van der Waals surface area contributed by atoms with Gasteiger partial charge in [0, 0.05) is 17.1 Å². The highest BCUT2D eigenvalue weighted by molar-refractivity contribution is 6.06. The number of hydrogen-bond acceptors (Lipinski definition) is 6. The van der Waals surface area contributed by atoms with E-state index in [-0.39, 0.29) is 23.2 Å². The number of hydrogen-bond donors (Lipinski definition) is 5. The molecule has 0 bridgehead atoms. The van der Waals surface area contributed by atoms with Crippen molar-refractivity contribution < 1.29 is 14.6 Å². The van der Waals surface area contributed by atoms with Gasteiger partial charge < -0.3 is 21.3 Å². The van der Waals surface area contributed by atoms with Gasteiger partial charge in [0.25, 0.3) is 0 Å². The first-order valence-electron chi connectivity index (χ1n) is 8.07. The summed E-state index contributed by atoms with van der Waals surface area (Å²) < 4.78 is 13.1. The Morgan fingerprint density at radius 1 is 1.22 bits per heavy atom. The van der Waals surface area contributed by atoms with Crippen molar-refractivity contribution in [2.24, 2.45) is 5.73 Å². The highest BCUT2D eigenvalue weighted by Crippen LogP contribution is 2.28. The van der Waals surface area contributed by atoms with Crippen LogP contribution in [0.25, 0.3) is 10.9 Å². The summed E-state index contributed by atoms with van der Waals surface area (Å²) in [4.78, 5) is 8.62. The van der Waals surface area contributed by atoms with E-state index in [2.05, 4.69) is 15.3 Å². The van der Waals surface area contributed by atoms with Crippen molar-refractivity contribution in [3.63, 3.8) is 0 Å². The number of aliphatic hydroxyl groups excluding tert-OH is 1. The molecule has 0 radical (unpaired) electrons. The number of nitrogens with one attached hydrogen (secondary N) is 2. The van der Waals surface area contributed by atoms with E-state index in [9.17, 15) is 14.6 Å². The Bertz CT molecular complexity index is 1030. The fourth-order valence-corrected chi connectivity index (χ4v) is 2.54. The minimum absolute atomic E-state index is 0.00199. The number of phenolic OH excluding ortho intramolecular Hbond substituents is 1. The van der Waals surface area contributed by atoms with E-state index < -0.39 is 11.9 Å². The predicted molar refractivity (Wildman–Crippen MR) is 101 cm³/mol. The third kappa shape index (κ3) is 4.18. The van der Waals surface area contributed by atoms with Crippen molar-refractivity contribution in [2.45, 2.75) is 13.0 Å². The molecule has 0 aliphatic carbocycles. The number of amidine groups is 1. The van der Waals surface area contributed by atoms with Crippen LogP contribution < -0.4 is 11.1 Å². The third-order valence-corrected chi connectivity index (χ3v) is 3.75. The van der Waals surface area contributed by atoms with Crippen molar-refractivity contribution in [1.82, 2.24) is 9.97 Å². The van der Waals surface area contributed by atoms with Crippen LogP contribution in [-0.4, -0.2) is 26.0 Å². The number of benzene rings is 2. The molecule has 1 atom stereocenters. The van der Waals surface area contributed by atoms with Gasteiger partial charge >= 0.3 is 0 Å². The Kier molecular flexibility index (Phi) is 5.00. The number of halogens is 1. The molecule has 8 heteroatoms. The molecular formula is C19H18FN5O2. The molecule has 0 saturated heterocycles. The number of rotatable bonds is 4. The fraction of sp³-hybridized carbons (Fsp3) is 0.105. The summed E-state index contributed by atoms with van der Waals surface area (Å²) in [5, 5.41) is 31.7. The molecule has 3 aromatic rings. The Balaban J connectivity index is 2.09. The van der Waals surface area contributed by atoms with Crippen LogP contribution in [0.4, 0.5) is 10.2 Å². The molecule has 1 unspecified atom stereocenters. The van der Waals surface area contributed by atoms with Crippen LogP contribution in [0.5, 0.6) is 5.75 Å². The molecule has 0 amide bonds. The van der Waals surface area contributed by atoms with Gasteiger partial charge in [0.2, 0.25) is 0 Å². The van der Waals surface area contributed by atoms with E-state index in [0.29, 0.717) is 22.2 Å². The number of aromatic nitrogens is 2. The average molecular weight is 367 g/mol. The minimum atomic E-state index is -1.21. The third-order valence-electron chi connectivity index (χ3n) is 3.75. The number of nitrogens with zero attached hydrogens (tertiary/aromatic N) is 2. The summed E-state index contributed by atoms with van der Waals surface area (Å²) in [6.07, 6.45) is 0.212. The van der Waals surface area contributed by atoms with Gasteiger partial charge in [-0.25, -0.2) is 14.4 Å². The number of phenols is 1. The molecule has 138 valence electrons. The Morgan fingerprint density at radius 3 is 2.59 bits per heavy atom. The van der Waals surface area contributed by atoms with Crippen molar-refractivity contribution in [1.29, 1.82) is 5.41 Å². The second kappa shape index (κ2) is 7.38. The molecule has 0 fully saturated rings. The lowest BCUT2D eigenvalue weighted by Gasteiger charge is -2.14. The Hall–Kier alpha value is -3.52. The number of nitrogens with two attached hydrogens (primary N) is 1. The smallest absolute Gasteiger partial charge is 0.164 e. The normalized spacial score (nSPS) is 12.8. The summed E-state index contributed by atoms with van der Waals surface area (Å²) in [6.45, 7) is 1.65. The lowest BCUT2D eigenvalue weighted by molar-refractivity contribution is 0.210. The Morgan fingerprint density at radius 2 is 1.93 bits per heavy atom. The SMILES string of the molecule is C/C(N)=C/C(=N)Nc1nc(C(O)c2ccc(F)cc2)nc2cc(O)ccc12. The summed E-state index contributed by atoms with van der Waals surface area (Å²) in [6, 6.07) is 9.84. The maximum atomic E-state index is 13.1. The molecule has 6 N–H and O–H groups in total. The van der Waals surface area contributed by atoms with Gasteiger partial charge in [-0.15, -0.1) is 0 Å². The molecular weight excluding hydrogens is 349 g/mol. The number of aromatic hydroxyl groups is 1. The van der Waals surface area contributed by atoms with Crippen LogP contribution in [0.2, 0.25) is 0 Å².